The Morgan fingerprint density at radius 2 is 1.92 bits per heavy atom. The summed E-state index contributed by atoms with van der Waals surface area (Å²) < 4.78 is 0. The summed E-state index contributed by atoms with van der Waals surface area (Å²) in [4.78, 5) is 53.8. The van der Waals surface area contributed by atoms with E-state index in [0.29, 0.717) is 26.1 Å². The fraction of sp³-hybridized carbons (Fsp3) is 0.706. The van der Waals surface area contributed by atoms with E-state index >= 15 is 0 Å². The summed E-state index contributed by atoms with van der Waals surface area (Å²) in [5.41, 5.74) is 5.21. The number of nitrogens with two attached hydrogens (primary N) is 1. The summed E-state index contributed by atoms with van der Waals surface area (Å²) in [5.74, 6) is -1.25. The summed E-state index contributed by atoms with van der Waals surface area (Å²) >= 11 is 0. The van der Waals surface area contributed by atoms with Gasteiger partial charge in [0.1, 0.15) is 6.04 Å². The number of Topliss-reactive ketones (excluding diaryl/α,β-unsaturated/α-hetero) is 1. The summed E-state index contributed by atoms with van der Waals surface area (Å²) in [5, 5.41) is 3.20. The van der Waals surface area contributed by atoms with Crippen molar-refractivity contribution in [2.75, 3.05) is 39.3 Å². The van der Waals surface area contributed by atoms with Crippen LogP contribution < -0.4 is 11.1 Å². The number of primary amides is 1. The maximum atomic E-state index is 12.8. The van der Waals surface area contributed by atoms with E-state index in [1.165, 1.54) is 11.3 Å². The number of carbonyl (C=O) groups excluding carboxylic acids is 4. The number of likely N-dealkylation sites (tertiary alicyclic amines) is 2. The van der Waals surface area contributed by atoms with Gasteiger partial charge in [-0.1, -0.05) is 6.92 Å². The van der Waals surface area contributed by atoms with Gasteiger partial charge < -0.3 is 25.8 Å². The third kappa shape index (κ3) is 3.53. The highest BCUT2D eigenvalue weighted by Gasteiger charge is 2.51. The summed E-state index contributed by atoms with van der Waals surface area (Å²) in [6, 6.07) is -0.946. The van der Waals surface area contributed by atoms with Crippen LogP contribution in [0.2, 0.25) is 0 Å². The second-order valence-corrected chi connectivity index (χ2v) is 7.19. The van der Waals surface area contributed by atoms with E-state index in [-0.39, 0.29) is 36.7 Å². The van der Waals surface area contributed by atoms with E-state index in [2.05, 4.69) is 5.32 Å². The van der Waals surface area contributed by atoms with Gasteiger partial charge in [-0.05, 0) is 12.8 Å². The molecule has 0 aromatic carbocycles. The predicted octanol–water partition coefficient (Wildman–Crippen LogP) is -1.42. The molecule has 3 aliphatic rings. The number of piperazine rings is 1. The molecule has 0 saturated carbocycles. The van der Waals surface area contributed by atoms with Crippen molar-refractivity contribution in [2.24, 2.45) is 11.7 Å². The fourth-order valence-electron chi connectivity index (χ4n) is 3.87. The fourth-order valence-corrected chi connectivity index (χ4v) is 3.87. The Labute approximate surface area is 152 Å². The number of hydrogen-bond acceptors (Lipinski definition) is 5. The van der Waals surface area contributed by atoms with E-state index in [9.17, 15) is 19.2 Å². The van der Waals surface area contributed by atoms with E-state index in [1.807, 2.05) is 0 Å². The third-order valence-corrected chi connectivity index (χ3v) is 5.47. The molecule has 0 bridgehead atoms. The Hall–Kier alpha value is -2.16. The summed E-state index contributed by atoms with van der Waals surface area (Å²) in [6.45, 7) is 4.91. The standard InChI is InChI=1S/C17H26N5O4/c1-11(16(18)25)2-3-14(24)21-7-4-12-15(21)13(23)10-22(12)17(26)20-8-5-19-6-9-20/h3,11-12,15,19H,2,4-10H2,1H3,(H2,18,25). The normalized spacial score (nSPS) is 26.8. The van der Waals surface area contributed by atoms with Crippen LogP contribution in [0.4, 0.5) is 4.79 Å². The topological polar surface area (TPSA) is 116 Å². The van der Waals surface area contributed by atoms with Crippen LogP contribution in [0.3, 0.4) is 0 Å². The zero-order chi connectivity index (χ0) is 18.8. The van der Waals surface area contributed by atoms with E-state index in [4.69, 9.17) is 5.73 Å². The van der Waals surface area contributed by atoms with Crippen molar-refractivity contribution in [3.63, 3.8) is 0 Å². The average molecular weight is 364 g/mol. The molecule has 0 aliphatic carbocycles. The maximum Gasteiger partial charge on any atom is 0.320 e. The molecule has 0 aromatic rings. The van der Waals surface area contributed by atoms with Gasteiger partial charge in [0.2, 0.25) is 11.8 Å². The first-order valence-electron chi connectivity index (χ1n) is 9.12. The molecule has 4 amide bonds. The molecular formula is C17H26N5O4. The van der Waals surface area contributed by atoms with Gasteiger partial charge in [0.05, 0.1) is 19.0 Å². The third-order valence-electron chi connectivity index (χ3n) is 5.47. The van der Waals surface area contributed by atoms with Gasteiger partial charge in [-0.3, -0.25) is 14.4 Å². The molecule has 3 heterocycles. The molecule has 3 rings (SSSR count). The number of nitrogens with one attached hydrogen (secondary N) is 1. The van der Waals surface area contributed by atoms with Gasteiger partial charge in [-0.25, -0.2) is 4.79 Å². The minimum Gasteiger partial charge on any atom is -0.369 e. The van der Waals surface area contributed by atoms with Crippen LogP contribution >= 0.6 is 0 Å². The molecule has 9 heteroatoms. The van der Waals surface area contributed by atoms with Crippen molar-refractivity contribution in [1.29, 1.82) is 0 Å². The van der Waals surface area contributed by atoms with E-state index in [1.54, 1.807) is 16.7 Å². The van der Waals surface area contributed by atoms with Gasteiger partial charge in [0.15, 0.2) is 5.78 Å². The van der Waals surface area contributed by atoms with Gasteiger partial charge in [0.25, 0.3) is 0 Å². The van der Waals surface area contributed by atoms with Crippen LogP contribution in [0.25, 0.3) is 0 Å². The molecule has 3 saturated heterocycles. The van der Waals surface area contributed by atoms with Crippen molar-refractivity contribution < 1.29 is 19.2 Å². The first-order chi connectivity index (χ1) is 12.4. The quantitative estimate of drug-likeness (QED) is 0.635. The van der Waals surface area contributed by atoms with Gasteiger partial charge in [0, 0.05) is 38.6 Å². The highest BCUT2D eigenvalue weighted by Crippen LogP contribution is 2.31. The van der Waals surface area contributed by atoms with Crippen LogP contribution in [0, 0.1) is 12.3 Å². The maximum absolute atomic E-state index is 12.8. The molecule has 3 atom stereocenters. The molecule has 3 unspecified atom stereocenters. The van der Waals surface area contributed by atoms with Crippen LogP contribution in [0.15, 0.2) is 0 Å². The van der Waals surface area contributed by atoms with Gasteiger partial charge in [-0.15, -0.1) is 0 Å². The summed E-state index contributed by atoms with van der Waals surface area (Å²) in [7, 11) is 0. The molecular weight excluding hydrogens is 338 g/mol. The van der Waals surface area contributed by atoms with Crippen molar-refractivity contribution in [1.82, 2.24) is 20.0 Å². The lowest BCUT2D eigenvalue weighted by Crippen LogP contribution is -2.53. The molecule has 9 nitrogen and oxygen atoms in total. The first kappa shape index (κ1) is 18.6. The van der Waals surface area contributed by atoms with Crippen LogP contribution in [0.1, 0.15) is 19.8 Å². The Balaban J connectivity index is 1.62. The molecule has 0 aromatic heterocycles. The number of urea groups is 1. The molecule has 26 heavy (non-hydrogen) atoms. The second kappa shape index (κ2) is 7.61. The second-order valence-electron chi connectivity index (χ2n) is 7.19. The van der Waals surface area contributed by atoms with Crippen LogP contribution in [-0.2, 0) is 14.4 Å². The smallest absolute Gasteiger partial charge is 0.320 e. The summed E-state index contributed by atoms with van der Waals surface area (Å²) in [6.07, 6.45) is 2.27. The number of amides is 4. The lowest BCUT2D eigenvalue weighted by atomic mass is 10.0. The van der Waals surface area contributed by atoms with Crippen LogP contribution in [-0.4, -0.2) is 89.7 Å². The predicted molar refractivity (Wildman–Crippen MR) is 92.7 cm³/mol. The lowest BCUT2D eigenvalue weighted by molar-refractivity contribution is -0.133. The van der Waals surface area contributed by atoms with Gasteiger partial charge >= 0.3 is 6.03 Å². The number of ketones is 1. The molecule has 143 valence electrons. The molecule has 0 spiro atoms. The number of nitrogens with zero attached hydrogens (tertiary/aromatic N) is 3. The number of carbonyl (C=O) groups is 4. The monoisotopic (exact) mass is 364 g/mol. The lowest BCUT2D eigenvalue weighted by Gasteiger charge is -2.33. The first-order valence-corrected chi connectivity index (χ1v) is 9.12. The Bertz CT molecular complexity index is 604. The Morgan fingerprint density at radius 3 is 2.58 bits per heavy atom. The number of fused-ring (bicyclic) bond motifs is 1. The van der Waals surface area contributed by atoms with Crippen molar-refractivity contribution in [3.05, 3.63) is 6.42 Å². The SMILES string of the molecule is CC(C[CH]C(=O)N1CCC2C1C(=O)CN2C(=O)N1CCNCC1)C(N)=O. The highest BCUT2D eigenvalue weighted by atomic mass is 16.2. The van der Waals surface area contributed by atoms with Crippen molar-refractivity contribution in [2.45, 2.75) is 31.8 Å². The molecule has 3 N–H and O–H groups in total. The minimum absolute atomic E-state index is 0.0551. The Morgan fingerprint density at radius 1 is 1.23 bits per heavy atom. The van der Waals surface area contributed by atoms with Crippen LogP contribution in [0.5, 0.6) is 0 Å². The number of hydrogen-bond donors (Lipinski definition) is 2. The van der Waals surface area contributed by atoms with E-state index in [0.717, 1.165) is 13.1 Å². The zero-order valence-electron chi connectivity index (χ0n) is 15.0. The van der Waals surface area contributed by atoms with E-state index < -0.39 is 17.9 Å². The molecule has 1 radical (unpaired) electrons. The molecule has 3 aliphatic heterocycles. The zero-order valence-corrected chi connectivity index (χ0v) is 15.0. The van der Waals surface area contributed by atoms with Gasteiger partial charge in [-0.2, -0.15) is 0 Å². The average Bonchev–Trinajstić information content (AvgIpc) is 3.21. The largest absolute Gasteiger partial charge is 0.369 e. The van der Waals surface area contributed by atoms with Crippen molar-refractivity contribution >= 4 is 23.6 Å². The Kier molecular flexibility index (Phi) is 5.45. The minimum atomic E-state index is -0.575. The number of rotatable bonds is 4. The van der Waals surface area contributed by atoms with Crippen molar-refractivity contribution in [3.8, 4) is 0 Å². The molecule has 3 fully saturated rings. The highest BCUT2D eigenvalue weighted by molar-refractivity contribution is 5.98.